The number of aromatic nitrogens is 2. The molecular weight excluding hydrogens is 441 g/mol. The van der Waals surface area contributed by atoms with Crippen LogP contribution >= 0.6 is 15.9 Å². The molecule has 1 aliphatic rings. The highest BCUT2D eigenvalue weighted by Gasteiger charge is 2.29. The number of nitrogens with zero attached hydrogens (tertiary/aromatic N) is 3. The molecule has 8 heteroatoms. The lowest BCUT2D eigenvalue weighted by Crippen LogP contribution is -2.38. The number of rotatable bonds is 4. The number of methoxy groups -OCH3 is 1. The van der Waals surface area contributed by atoms with E-state index < -0.39 is 0 Å². The molecule has 2 heterocycles. The van der Waals surface area contributed by atoms with Crippen LogP contribution in [0.15, 0.2) is 51.4 Å². The molecule has 2 aromatic carbocycles. The van der Waals surface area contributed by atoms with Crippen LogP contribution < -0.4 is 4.74 Å². The van der Waals surface area contributed by atoms with Crippen LogP contribution in [-0.4, -0.2) is 41.2 Å². The third-order valence-corrected chi connectivity index (χ3v) is 5.76. The zero-order valence-corrected chi connectivity index (χ0v) is 17.4. The molecule has 29 heavy (non-hydrogen) atoms. The van der Waals surface area contributed by atoms with E-state index in [1.165, 1.54) is 12.1 Å². The summed E-state index contributed by atoms with van der Waals surface area (Å²) in [6.45, 7) is 1.20. The van der Waals surface area contributed by atoms with Crippen molar-refractivity contribution < 1.29 is 18.3 Å². The van der Waals surface area contributed by atoms with Gasteiger partial charge in [-0.2, -0.15) is 0 Å². The Morgan fingerprint density at radius 2 is 1.90 bits per heavy atom. The SMILES string of the molecule is COc1ccc(Br)c(C(=O)N2CCC(c3nnc(-c4ccc(F)cc4)o3)CC2)c1. The number of carbonyl (C=O) groups excluding carboxylic acids is 1. The van der Waals surface area contributed by atoms with E-state index in [1.54, 1.807) is 31.4 Å². The van der Waals surface area contributed by atoms with Gasteiger partial charge in [-0.1, -0.05) is 0 Å². The molecule has 1 fully saturated rings. The minimum Gasteiger partial charge on any atom is -0.497 e. The van der Waals surface area contributed by atoms with E-state index >= 15 is 0 Å². The minimum absolute atomic E-state index is 0.0354. The normalized spacial score (nSPS) is 14.8. The Balaban J connectivity index is 1.42. The standard InChI is InChI=1S/C21H19BrFN3O3/c1-28-16-6-7-18(22)17(12-16)21(27)26-10-8-14(9-11-26)20-25-24-19(29-20)13-2-4-15(23)5-3-13/h2-7,12,14H,8-11H2,1H3. The topological polar surface area (TPSA) is 68.5 Å². The Labute approximate surface area is 175 Å². The van der Waals surface area contributed by atoms with Crippen LogP contribution in [-0.2, 0) is 0 Å². The zero-order chi connectivity index (χ0) is 20.4. The van der Waals surface area contributed by atoms with Gasteiger partial charge in [0.05, 0.1) is 12.7 Å². The molecule has 0 bridgehead atoms. The van der Waals surface area contributed by atoms with Crippen molar-refractivity contribution in [1.82, 2.24) is 15.1 Å². The van der Waals surface area contributed by atoms with Crippen molar-refractivity contribution >= 4 is 21.8 Å². The molecule has 3 aromatic rings. The summed E-state index contributed by atoms with van der Waals surface area (Å²) in [6, 6.07) is 11.3. The highest BCUT2D eigenvalue weighted by molar-refractivity contribution is 9.10. The fourth-order valence-corrected chi connectivity index (χ4v) is 3.82. The molecular formula is C21H19BrFN3O3. The number of benzene rings is 2. The highest BCUT2D eigenvalue weighted by Crippen LogP contribution is 2.31. The first-order chi connectivity index (χ1) is 14.0. The molecule has 0 unspecified atom stereocenters. The van der Waals surface area contributed by atoms with Crippen molar-refractivity contribution in [1.29, 1.82) is 0 Å². The van der Waals surface area contributed by atoms with Crippen molar-refractivity contribution in [2.24, 2.45) is 0 Å². The molecule has 0 N–H and O–H groups in total. The Bertz CT molecular complexity index is 1010. The molecule has 0 aliphatic carbocycles. The number of amides is 1. The molecule has 1 aromatic heterocycles. The molecule has 0 radical (unpaired) electrons. The predicted octanol–water partition coefficient (Wildman–Crippen LogP) is 4.67. The van der Waals surface area contributed by atoms with Gasteiger partial charge in [0.25, 0.3) is 5.91 Å². The van der Waals surface area contributed by atoms with Gasteiger partial charge in [-0.05, 0) is 71.2 Å². The first kappa shape index (κ1) is 19.6. The third kappa shape index (κ3) is 4.17. The zero-order valence-electron chi connectivity index (χ0n) is 15.8. The average Bonchev–Trinajstić information content (AvgIpc) is 3.24. The summed E-state index contributed by atoms with van der Waals surface area (Å²) in [5.74, 6) is 1.32. The van der Waals surface area contributed by atoms with Gasteiger partial charge < -0.3 is 14.1 Å². The summed E-state index contributed by atoms with van der Waals surface area (Å²) in [4.78, 5) is 14.7. The van der Waals surface area contributed by atoms with Crippen molar-refractivity contribution in [3.05, 3.63) is 64.2 Å². The monoisotopic (exact) mass is 459 g/mol. The highest BCUT2D eigenvalue weighted by atomic mass is 79.9. The Kier molecular flexibility index (Phi) is 5.62. The summed E-state index contributed by atoms with van der Waals surface area (Å²) in [5.41, 5.74) is 1.26. The van der Waals surface area contributed by atoms with Crippen molar-refractivity contribution in [3.63, 3.8) is 0 Å². The van der Waals surface area contributed by atoms with Crippen LogP contribution in [0.25, 0.3) is 11.5 Å². The molecule has 1 saturated heterocycles. The molecule has 150 valence electrons. The van der Waals surface area contributed by atoms with E-state index in [9.17, 15) is 9.18 Å². The molecule has 0 atom stereocenters. The van der Waals surface area contributed by atoms with Crippen LogP contribution in [0.4, 0.5) is 4.39 Å². The summed E-state index contributed by atoms with van der Waals surface area (Å²) in [7, 11) is 1.58. The van der Waals surface area contributed by atoms with Gasteiger partial charge in [0.15, 0.2) is 0 Å². The second kappa shape index (κ2) is 8.32. The summed E-state index contributed by atoms with van der Waals surface area (Å²) in [5, 5.41) is 8.25. The van der Waals surface area contributed by atoms with Crippen molar-refractivity contribution in [2.75, 3.05) is 20.2 Å². The molecule has 0 spiro atoms. The maximum absolute atomic E-state index is 13.1. The first-order valence-corrected chi connectivity index (χ1v) is 10.1. The maximum atomic E-state index is 13.1. The lowest BCUT2D eigenvalue weighted by atomic mass is 9.96. The number of halogens is 2. The smallest absolute Gasteiger partial charge is 0.255 e. The number of piperidine rings is 1. The summed E-state index contributed by atoms with van der Waals surface area (Å²) < 4.78 is 24.9. The fraction of sp³-hybridized carbons (Fsp3) is 0.286. The maximum Gasteiger partial charge on any atom is 0.255 e. The number of carbonyl (C=O) groups is 1. The van der Waals surface area contributed by atoms with Gasteiger partial charge in [-0.3, -0.25) is 4.79 Å². The Morgan fingerprint density at radius 1 is 1.17 bits per heavy atom. The van der Waals surface area contributed by atoms with Crippen LogP contribution in [0.1, 0.15) is 35.0 Å². The molecule has 1 aliphatic heterocycles. The van der Waals surface area contributed by atoms with Gasteiger partial charge >= 0.3 is 0 Å². The Morgan fingerprint density at radius 3 is 2.59 bits per heavy atom. The third-order valence-electron chi connectivity index (χ3n) is 5.07. The molecule has 0 saturated carbocycles. The molecule has 4 rings (SSSR count). The number of likely N-dealkylation sites (tertiary alicyclic amines) is 1. The fourth-order valence-electron chi connectivity index (χ4n) is 3.40. The summed E-state index contributed by atoms with van der Waals surface area (Å²) >= 11 is 3.45. The quantitative estimate of drug-likeness (QED) is 0.566. The van der Waals surface area contributed by atoms with Crippen LogP contribution in [0.3, 0.4) is 0 Å². The second-order valence-electron chi connectivity index (χ2n) is 6.86. The van der Waals surface area contributed by atoms with Gasteiger partial charge in [-0.25, -0.2) is 4.39 Å². The van der Waals surface area contributed by atoms with Crippen molar-refractivity contribution in [2.45, 2.75) is 18.8 Å². The van der Waals surface area contributed by atoms with Gasteiger partial charge in [0.2, 0.25) is 11.8 Å². The summed E-state index contributed by atoms with van der Waals surface area (Å²) in [6.07, 6.45) is 1.47. The molecule has 1 amide bonds. The van der Waals surface area contributed by atoms with Gasteiger partial charge in [0, 0.05) is 29.0 Å². The van der Waals surface area contributed by atoms with Crippen LogP contribution in [0.5, 0.6) is 5.75 Å². The van der Waals surface area contributed by atoms with Gasteiger partial charge in [0.1, 0.15) is 11.6 Å². The molecule has 6 nitrogen and oxygen atoms in total. The minimum atomic E-state index is -0.312. The van der Waals surface area contributed by atoms with E-state index in [1.807, 2.05) is 11.0 Å². The lowest BCUT2D eigenvalue weighted by molar-refractivity contribution is 0.0705. The van der Waals surface area contributed by atoms with Crippen LogP contribution in [0, 0.1) is 5.82 Å². The second-order valence-corrected chi connectivity index (χ2v) is 7.72. The van der Waals surface area contributed by atoms with E-state index in [0.29, 0.717) is 41.7 Å². The number of ether oxygens (including phenoxy) is 1. The van der Waals surface area contributed by atoms with E-state index in [-0.39, 0.29) is 17.6 Å². The van der Waals surface area contributed by atoms with E-state index in [2.05, 4.69) is 26.1 Å². The predicted molar refractivity (Wildman–Crippen MR) is 108 cm³/mol. The largest absolute Gasteiger partial charge is 0.497 e. The first-order valence-electron chi connectivity index (χ1n) is 9.27. The average molecular weight is 460 g/mol. The van der Waals surface area contributed by atoms with E-state index in [4.69, 9.17) is 9.15 Å². The number of hydrogen-bond acceptors (Lipinski definition) is 5. The van der Waals surface area contributed by atoms with Crippen molar-refractivity contribution in [3.8, 4) is 17.2 Å². The van der Waals surface area contributed by atoms with E-state index in [0.717, 1.165) is 17.3 Å². The van der Waals surface area contributed by atoms with Crippen LogP contribution in [0.2, 0.25) is 0 Å². The lowest BCUT2D eigenvalue weighted by Gasteiger charge is -2.30. The Hall–Kier alpha value is -2.74. The van der Waals surface area contributed by atoms with Gasteiger partial charge in [-0.15, -0.1) is 10.2 Å². The number of hydrogen-bond donors (Lipinski definition) is 0.